The van der Waals surface area contributed by atoms with E-state index in [1.54, 1.807) is 0 Å². The van der Waals surface area contributed by atoms with E-state index in [-0.39, 0.29) is 0 Å². The van der Waals surface area contributed by atoms with Crippen molar-refractivity contribution in [3.8, 4) is 5.69 Å². The summed E-state index contributed by atoms with van der Waals surface area (Å²) in [5.41, 5.74) is 3.96. The Hall–Kier alpha value is -2.66. The topological polar surface area (TPSA) is 41.4 Å². The Morgan fingerprint density at radius 1 is 0.958 bits per heavy atom. The Morgan fingerprint density at radius 3 is 2.50 bits per heavy atom. The summed E-state index contributed by atoms with van der Waals surface area (Å²) >= 11 is 0. The summed E-state index contributed by atoms with van der Waals surface area (Å²) < 4.78 is 1.93. The van der Waals surface area contributed by atoms with Crippen molar-refractivity contribution >= 4 is 23.0 Å². The van der Waals surface area contributed by atoms with Crippen LogP contribution in [0.3, 0.4) is 0 Å². The van der Waals surface area contributed by atoms with Crippen LogP contribution in [0.2, 0.25) is 0 Å². The molecule has 0 radical (unpaired) electrons. The third kappa shape index (κ3) is 2.57. The number of imidazole rings is 1. The molecule has 2 aromatic carbocycles. The number of nitrogens with zero attached hydrogens (tertiary/aromatic N) is 4. The summed E-state index contributed by atoms with van der Waals surface area (Å²) in [6.45, 7) is 4.17. The smallest absolute Gasteiger partial charge is 0.185 e. The Bertz CT molecular complexity index is 878. The van der Waals surface area contributed by atoms with E-state index in [1.165, 1.54) is 5.69 Å². The van der Waals surface area contributed by atoms with Crippen molar-refractivity contribution in [2.45, 2.75) is 0 Å². The van der Waals surface area contributed by atoms with Crippen LogP contribution >= 0.6 is 0 Å². The van der Waals surface area contributed by atoms with E-state index >= 15 is 0 Å². The van der Waals surface area contributed by atoms with Gasteiger partial charge in [0.15, 0.2) is 12.1 Å². The Kier molecular flexibility index (Phi) is 3.78. The zero-order valence-corrected chi connectivity index (χ0v) is 13.7. The lowest BCUT2D eigenvalue weighted by atomic mass is 10.2. The number of carbonyl (C=O) groups is 1. The van der Waals surface area contributed by atoms with Crippen LogP contribution in [-0.2, 0) is 0 Å². The third-order valence-electron chi connectivity index (χ3n) is 4.65. The number of hydrogen-bond donors (Lipinski definition) is 0. The van der Waals surface area contributed by atoms with Crippen molar-refractivity contribution in [1.29, 1.82) is 0 Å². The number of benzene rings is 2. The highest BCUT2D eigenvalue weighted by Gasteiger charge is 2.16. The first kappa shape index (κ1) is 14.9. The molecule has 1 aliphatic rings. The maximum Gasteiger partial charge on any atom is 0.185 e. The number of para-hydroxylation sites is 2. The van der Waals surface area contributed by atoms with Crippen LogP contribution in [0.1, 0.15) is 10.6 Å². The van der Waals surface area contributed by atoms with E-state index < -0.39 is 0 Å². The molecule has 24 heavy (non-hydrogen) atoms. The largest absolute Gasteiger partial charge is 0.369 e. The average molecular weight is 320 g/mol. The number of anilines is 1. The van der Waals surface area contributed by atoms with Crippen LogP contribution in [0, 0.1) is 0 Å². The van der Waals surface area contributed by atoms with Crippen LogP contribution in [0.5, 0.6) is 0 Å². The highest BCUT2D eigenvalue weighted by molar-refractivity contribution is 5.85. The lowest BCUT2D eigenvalue weighted by Gasteiger charge is -2.34. The Labute approximate surface area is 141 Å². The summed E-state index contributed by atoms with van der Waals surface area (Å²) in [5, 5.41) is 0. The monoisotopic (exact) mass is 320 g/mol. The minimum atomic E-state index is 0.437. The van der Waals surface area contributed by atoms with Gasteiger partial charge in [0.1, 0.15) is 0 Å². The molecule has 5 nitrogen and oxygen atoms in total. The maximum atomic E-state index is 11.5. The number of likely N-dealkylation sites (N-methyl/N-ethyl adjacent to an activating group) is 1. The minimum absolute atomic E-state index is 0.437. The molecule has 1 aliphatic heterocycles. The molecule has 1 fully saturated rings. The number of carbonyl (C=O) groups excluding carboxylic acids is 1. The quantitative estimate of drug-likeness (QED) is 0.696. The van der Waals surface area contributed by atoms with Crippen molar-refractivity contribution < 1.29 is 4.79 Å². The Balaban J connectivity index is 1.78. The number of aromatic nitrogens is 2. The second kappa shape index (κ2) is 6.09. The zero-order valence-electron chi connectivity index (χ0n) is 13.7. The number of piperazine rings is 1. The van der Waals surface area contributed by atoms with E-state index in [0.717, 1.165) is 49.2 Å². The maximum absolute atomic E-state index is 11.5. The minimum Gasteiger partial charge on any atom is -0.369 e. The van der Waals surface area contributed by atoms with Gasteiger partial charge in [0.2, 0.25) is 0 Å². The van der Waals surface area contributed by atoms with Crippen LogP contribution in [0.15, 0.2) is 48.5 Å². The van der Waals surface area contributed by atoms with Gasteiger partial charge in [-0.15, -0.1) is 0 Å². The molecule has 122 valence electrons. The van der Waals surface area contributed by atoms with Crippen molar-refractivity contribution in [2.75, 3.05) is 38.1 Å². The second-order valence-corrected chi connectivity index (χ2v) is 6.22. The number of fused-ring (bicyclic) bond motifs is 1. The summed E-state index contributed by atoms with van der Waals surface area (Å²) in [5.74, 6) is 0.437. The van der Waals surface area contributed by atoms with Gasteiger partial charge in [-0.2, -0.15) is 0 Å². The number of rotatable bonds is 3. The normalized spacial score (nSPS) is 15.8. The lowest BCUT2D eigenvalue weighted by Crippen LogP contribution is -2.44. The molecule has 1 aromatic heterocycles. The molecule has 5 heteroatoms. The molecule has 0 amide bonds. The fourth-order valence-electron chi connectivity index (χ4n) is 3.29. The van der Waals surface area contributed by atoms with Gasteiger partial charge in [0.25, 0.3) is 0 Å². The van der Waals surface area contributed by atoms with Gasteiger partial charge in [0, 0.05) is 37.6 Å². The van der Waals surface area contributed by atoms with Crippen LogP contribution < -0.4 is 4.90 Å². The van der Waals surface area contributed by atoms with E-state index in [9.17, 15) is 4.79 Å². The van der Waals surface area contributed by atoms with Crippen molar-refractivity contribution in [3.63, 3.8) is 0 Å². The number of hydrogen-bond acceptors (Lipinski definition) is 4. The average Bonchev–Trinajstić information content (AvgIpc) is 3.01. The summed E-state index contributed by atoms with van der Waals surface area (Å²) in [6, 6.07) is 16.2. The first-order valence-electron chi connectivity index (χ1n) is 8.23. The highest BCUT2D eigenvalue weighted by atomic mass is 16.1. The van der Waals surface area contributed by atoms with Gasteiger partial charge in [-0.3, -0.25) is 9.36 Å². The van der Waals surface area contributed by atoms with Gasteiger partial charge >= 0.3 is 0 Å². The van der Waals surface area contributed by atoms with Gasteiger partial charge in [0.05, 0.1) is 11.0 Å². The number of aldehydes is 1. The Morgan fingerprint density at radius 2 is 1.71 bits per heavy atom. The molecule has 0 unspecified atom stereocenters. The third-order valence-corrected chi connectivity index (χ3v) is 4.65. The van der Waals surface area contributed by atoms with Gasteiger partial charge in [-0.25, -0.2) is 4.98 Å². The molecular formula is C19H20N4O. The van der Waals surface area contributed by atoms with Crippen molar-refractivity contribution in [2.24, 2.45) is 0 Å². The first-order valence-corrected chi connectivity index (χ1v) is 8.23. The SMILES string of the molecule is CN1CCN(c2cccc(-n3c(C=O)nc4ccccc43)c2)CC1. The van der Waals surface area contributed by atoms with Crippen LogP contribution in [-0.4, -0.2) is 54.0 Å². The van der Waals surface area contributed by atoms with E-state index in [1.807, 2.05) is 41.0 Å². The second-order valence-electron chi connectivity index (χ2n) is 6.22. The standard InChI is InChI=1S/C19H20N4O/c1-21-9-11-22(12-10-21)15-5-4-6-16(13-15)23-18-8-3-2-7-17(18)20-19(23)14-24/h2-8,13-14H,9-12H2,1H3. The highest BCUT2D eigenvalue weighted by Crippen LogP contribution is 2.25. The van der Waals surface area contributed by atoms with E-state index in [0.29, 0.717) is 5.82 Å². The summed E-state index contributed by atoms with van der Waals surface area (Å²) in [6.07, 6.45) is 0.822. The predicted octanol–water partition coefficient (Wildman–Crippen LogP) is 2.59. The summed E-state index contributed by atoms with van der Waals surface area (Å²) in [7, 11) is 2.15. The van der Waals surface area contributed by atoms with Crippen molar-refractivity contribution in [1.82, 2.24) is 14.5 Å². The van der Waals surface area contributed by atoms with Gasteiger partial charge in [-0.05, 0) is 37.4 Å². The molecule has 0 atom stereocenters. The molecule has 3 aromatic rings. The van der Waals surface area contributed by atoms with Crippen molar-refractivity contribution in [3.05, 3.63) is 54.4 Å². The van der Waals surface area contributed by atoms with E-state index in [2.05, 4.69) is 34.0 Å². The molecule has 4 rings (SSSR count). The molecular weight excluding hydrogens is 300 g/mol. The fraction of sp³-hybridized carbons (Fsp3) is 0.263. The summed E-state index contributed by atoms with van der Waals surface area (Å²) in [4.78, 5) is 20.7. The molecule has 0 bridgehead atoms. The van der Waals surface area contributed by atoms with E-state index in [4.69, 9.17) is 0 Å². The van der Waals surface area contributed by atoms with Crippen LogP contribution in [0.4, 0.5) is 5.69 Å². The molecule has 2 heterocycles. The molecule has 0 spiro atoms. The molecule has 0 aliphatic carbocycles. The van der Waals surface area contributed by atoms with Gasteiger partial charge in [-0.1, -0.05) is 18.2 Å². The molecule has 0 saturated carbocycles. The lowest BCUT2D eigenvalue weighted by molar-refractivity contribution is 0.111. The predicted molar refractivity (Wildman–Crippen MR) is 96.2 cm³/mol. The van der Waals surface area contributed by atoms with Gasteiger partial charge < -0.3 is 9.80 Å². The first-order chi connectivity index (χ1) is 11.8. The fourth-order valence-corrected chi connectivity index (χ4v) is 3.29. The van der Waals surface area contributed by atoms with Crippen LogP contribution in [0.25, 0.3) is 16.7 Å². The molecule has 1 saturated heterocycles. The zero-order chi connectivity index (χ0) is 16.5. The molecule has 0 N–H and O–H groups in total.